The molecule has 0 bridgehead atoms. The Bertz CT molecular complexity index is 901. The standard InChI is InChI=1S/C21H21ClF3N3O2/c1-27(13-14-4-8-16(22)9-5-14)19(29)18-3-2-12-28(18)20(30)26-17-10-6-15(7-11-17)21(23,24)25/h4-11,18H,2-3,12-13H2,1H3,(H,26,30)/t18-/m0/s1. The Balaban J connectivity index is 1.63. The third-order valence-corrected chi connectivity index (χ3v) is 5.22. The zero-order chi connectivity index (χ0) is 21.9. The number of likely N-dealkylation sites (N-methyl/N-ethyl adjacent to an activating group) is 1. The van der Waals surface area contributed by atoms with Crippen molar-refractivity contribution in [1.82, 2.24) is 9.80 Å². The van der Waals surface area contributed by atoms with Crippen LogP contribution in [0.15, 0.2) is 48.5 Å². The summed E-state index contributed by atoms with van der Waals surface area (Å²) < 4.78 is 38.0. The number of benzene rings is 2. The van der Waals surface area contributed by atoms with E-state index in [1.807, 2.05) is 12.1 Å². The van der Waals surface area contributed by atoms with Crippen molar-refractivity contribution in [1.29, 1.82) is 0 Å². The Kier molecular flexibility index (Phi) is 6.55. The summed E-state index contributed by atoms with van der Waals surface area (Å²) in [6, 6.07) is 10.2. The van der Waals surface area contributed by atoms with E-state index in [1.165, 1.54) is 17.0 Å². The maximum absolute atomic E-state index is 12.9. The summed E-state index contributed by atoms with van der Waals surface area (Å²) in [6.07, 6.45) is -3.24. The number of alkyl halides is 3. The number of halogens is 4. The highest BCUT2D eigenvalue weighted by atomic mass is 35.5. The number of amides is 3. The average molecular weight is 440 g/mol. The van der Waals surface area contributed by atoms with Crippen molar-refractivity contribution in [2.75, 3.05) is 18.9 Å². The van der Waals surface area contributed by atoms with Gasteiger partial charge in [0.25, 0.3) is 0 Å². The van der Waals surface area contributed by atoms with Crippen LogP contribution in [0.1, 0.15) is 24.0 Å². The summed E-state index contributed by atoms with van der Waals surface area (Å²) in [5.74, 6) is -0.190. The first-order chi connectivity index (χ1) is 14.1. The van der Waals surface area contributed by atoms with Crippen molar-refractivity contribution in [2.45, 2.75) is 31.6 Å². The lowest BCUT2D eigenvalue weighted by Crippen LogP contribution is -2.47. The van der Waals surface area contributed by atoms with E-state index in [-0.39, 0.29) is 11.6 Å². The molecule has 5 nitrogen and oxygen atoms in total. The summed E-state index contributed by atoms with van der Waals surface area (Å²) >= 11 is 5.88. The van der Waals surface area contributed by atoms with Crippen LogP contribution < -0.4 is 5.32 Å². The Morgan fingerprint density at radius 3 is 2.37 bits per heavy atom. The summed E-state index contributed by atoms with van der Waals surface area (Å²) in [6.45, 7) is 0.776. The molecule has 2 aromatic carbocycles. The van der Waals surface area contributed by atoms with Crippen LogP contribution in [0.4, 0.5) is 23.7 Å². The molecule has 3 amide bonds. The number of hydrogen-bond donors (Lipinski definition) is 1. The predicted molar refractivity (Wildman–Crippen MR) is 108 cm³/mol. The zero-order valence-corrected chi connectivity index (χ0v) is 17.0. The number of urea groups is 1. The Hall–Kier alpha value is -2.74. The molecule has 0 saturated carbocycles. The molecule has 1 fully saturated rings. The largest absolute Gasteiger partial charge is 0.416 e. The normalized spacial score (nSPS) is 16.4. The molecule has 0 aliphatic carbocycles. The molecule has 1 saturated heterocycles. The molecule has 1 heterocycles. The number of nitrogens with zero attached hydrogens (tertiary/aromatic N) is 2. The van der Waals surface area contributed by atoms with Gasteiger partial charge in [0.05, 0.1) is 5.56 Å². The van der Waals surface area contributed by atoms with E-state index >= 15 is 0 Å². The molecule has 0 spiro atoms. The smallest absolute Gasteiger partial charge is 0.340 e. The highest BCUT2D eigenvalue weighted by Crippen LogP contribution is 2.30. The van der Waals surface area contributed by atoms with Gasteiger partial charge in [-0.2, -0.15) is 13.2 Å². The molecule has 3 rings (SSSR count). The molecule has 0 radical (unpaired) electrons. The van der Waals surface area contributed by atoms with E-state index in [0.717, 1.165) is 17.7 Å². The van der Waals surface area contributed by atoms with Crippen LogP contribution in [-0.2, 0) is 17.5 Å². The fourth-order valence-electron chi connectivity index (χ4n) is 3.40. The van der Waals surface area contributed by atoms with Crippen LogP contribution in [0.5, 0.6) is 0 Å². The van der Waals surface area contributed by atoms with E-state index in [1.54, 1.807) is 24.1 Å². The Labute approximate surface area is 177 Å². The number of carbonyl (C=O) groups is 2. The highest BCUT2D eigenvalue weighted by molar-refractivity contribution is 6.30. The third-order valence-electron chi connectivity index (χ3n) is 4.97. The van der Waals surface area contributed by atoms with E-state index in [9.17, 15) is 22.8 Å². The molecule has 9 heteroatoms. The van der Waals surface area contributed by atoms with Crippen LogP contribution in [-0.4, -0.2) is 41.4 Å². The molecule has 0 aromatic heterocycles. The molecule has 1 aliphatic heterocycles. The summed E-state index contributed by atoms with van der Waals surface area (Å²) in [4.78, 5) is 28.5. The van der Waals surface area contributed by atoms with Gasteiger partial charge < -0.3 is 15.1 Å². The summed E-state index contributed by atoms with van der Waals surface area (Å²) in [7, 11) is 1.67. The monoisotopic (exact) mass is 439 g/mol. The maximum atomic E-state index is 12.9. The van der Waals surface area contributed by atoms with E-state index in [0.29, 0.717) is 31.0 Å². The zero-order valence-electron chi connectivity index (χ0n) is 16.2. The van der Waals surface area contributed by atoms with E-state index < -0.39 is 23.8 Å². The average Bonchev–Trinajstić information content (AvgIpc) is 3.19. The third kappa shape index (κ3) is 5.24. The first kappa shape index (κ1) is 22.0. The second-order valence-corrected chi connectivity index (χ2v) is 7.61. The first-order valence-corrected chi connectivity index (χ1v) is 9.77. The minimum Gasteiger partial charge on any atom is -0.340 e. The van der Waals surface area contributed by atoms with Crippen molar-refractivity contribution in [3.05, 3.63) is 64.7 Å². The second-order valence-electron chi connectivity index (χ2n) is 7.18. The topological polar surface area (TPSA) is 52.7 Å². The van der Waals surface area contributed by atoms with Crippen LogP contribution in [0.2, 0.25) is 5.02 Å². The number of hydrogen-bond acceptors (Lipinski definition) is 2. The number of rotatable bonds is 4. The van der Waals surface area contributed by atoms with Gasteiger partial charge in [-0.05, 0) is 54.8 Å². The number of carbonyl (C=O) groups excluding carboxylic acids is 2. The number of nitrogens with one attached hydrogen (secondary N) is 1. The predicted octanol–water partition coefficient (Wildman–Crippen LogP) is 5.01. The Morgan fingerprint density at radius 1 is 1.13 bits per heavy atom. The first-order valence-electron chi connectivity index (χ1n) is 9.39. The van der Waals surface area contributed by atoms with Crippen molar-refractivity contribution < 1.29 is 22.8 Å². The van der Waals surface area contributed by atoms with Crippen LogP contribution in [0.3, 0.4) is 0 Å². The van der Waals surface area contributed by atoms with Gasteiger partial charge in [0, 0.05) is 30.8 Å². The molecular weight excluding hydrogens is 419 g/mol. The van der Waals surface area contributed by atoms with Gasteiger partial charge in [0.15, 0.2) is 0 Å². The summed E-state index contributed by atoms with van der Waals surface area (Å²) in [5, 5.41) is 3.18. The van der Waals surface area contributed by atoms with Gasteiger partial charge in [-0.15, -0.1) is 0 Å². The molecule has 30 heavy (non-hydrogen) atoms. The molecule has 1 aliphatic rings. The lowest BCUT2D eigenvalue weighted by Gasteiger charge is -2.28. The molecule has 1 atom stereocenters. The molecule has 1 N–H and O–H groups in total. The van der Waals surface area contributed by atoms with Crippen molar-refractivity contribution in [3.63, 3.8) is 0 Å². The Morgan fingerprint density at radius 2 is 1.77 bits per heavy atom. The summed E-state index contributed by atoms with van der Waals surface area (Å²) in [5.41, 5.74) is 0.355. The van der Waals surface area contributed by atoms with Gasteiger partial charge in [0.2, 0.25) is 5.91 Å². The number of likely N-dealkylation sites (tertiary alicyclic amines) is 1. The van der Waals surface area contributed by atoms with Crippen LogP contribution in [0.25, 0.3) is 0 Å². The minimum absolute atomic E-state index is 0.190. The molecule has 160 valence electrons. The van der Waals surface area contributed by atoms with Crippen LogP contribution in [0, 0.1) is 0 Å². The van der Waals surface area contributed by atoms with E-state index in [4.69, 9.17) is 11.6 Å². The van der Waals surface area contributed by atoms with Gasteiger partial charge >= 0.3 is 12.2 Å². The molecule has 2 aromatic rings. The SMILES string of the molecule is CN(Cc1ccc(Cl)cc1)C(=O)[C@@H]1CCCN1C(=O)Nc1ccc(C(F)(F)F)cc1. The number of anilines is 1. The minimum atomic E-state index is -4.44. The van der Waals surface area contributed by atoms with Gasteiger partial charge in [0.1, 0.15) is 6.04 Å². The lowest BCUT2D eigenvalue weighted by atomic mass is 10.1. The second kappa shape index (κ2) is 8.95. The molecular formula is C21H21ClF3N3O2. The van der Waals surface area contributed by atoms with Crippen molar-refractivity contribution in [2.24, 2.45) is 0 Å². The van der Waals surface area contributed by atoms with Gasteiger partial charge in [-0.3, -0.25) is 4.79 Å². The van der Waals surface area contributed by atoms with Gasteiger partial charge in [-0.25, -0.2) is 4.79 Å². The van der Waals surface area contributed by atoms with Crippen molar-refractivity contribution in [3.8, 4) is 0 Å². The lowest BCUT2D eigenvalue weighted by molar-refractivity contribution is -0.137. The van der Waals surface area contributed by atoms with Crippen LogP contribution >= 0.6 is 11.6 Å². The fraction of sp³-hybridized carbons (Fsp3) is 0.333. The fourth-order valence-corrected chi connectivity index (χ4v) is 3.53. The maximum Gasteiger partial charge on any atom is 0.416 e. The highest BCUT2D eigenvalue weighted by Gasteiger charge is 2.36. The quantitative estimate of drug-likeness (QED) is 0.727. The molecule has 0 unspecified atom stereocenters. The van der Waals surface area contributed by atoms with Gasteiger partial charge in [-0.1, -0.05) is 23.7 Å². The van der Waals surface area contributed by atoms with E-state index in [2.05, 4.69) is 5.32 Å². The van der Waals surface area contributed by atoms with Crippen molar-refractivity contribution >= 4 is 29.2 Å².